The number of nitrogens with one attached hydrogen (secondary N) is 2. The maximum Gasteiger partial charge on any atom is 0.158 e. The third-order valence-corrected chi connectivity index (χ3v) is 3.56. The molecule has 5 heteroatoms. The van der Waals surface area contributed by atoms with E-state index in [1.54, 1.807) is 7.11 Å². The molecule has 0 radical (unpaired) electrons. The quantitative estimate of drug-likeness (QED) is 0.802. The smallest absolute Gasteiger partial charge is 0.158 e. The Bertz CT molecular complexity index is 405. The van der Waals surface area contributed by atoms with Crippen molar-refractivity contribution in [1.82, 2.24) is 9.97 Å². The van der Waals surface area contributed by atoms with Crippen LogP contribution in [-0.4, -0.2) is 29.7 Å². The zero-order valence-electron chi connectivity index (χ0n) is 12.6. The van der Waals surface area contributed by atoms with Crippen molar-refractivity contribution in [3.05, 3.63) is 11.9 Å². The zero-order valence-corrected chi connectivity index (χ0v) is 12.6. The molecule has 5 nitrogen and oxygen atoms in total. The molecular formula is C15H26N4O. The number of aromatic nitrogens is 2. The van der Waals surface area contributed by atoms with Gasteiger partial charge in [-0.3, -0.25) is 0 Å². The van der Waals surface area contributed by atoms with Gasteiger partial charge >= 0.3 is 0 Å². The number of hydrogen-bond acceptors (Lipinski definition) is 5. The van der Waals surface area contributed by atoms with Crippen LogP contribution in [0.3, 0.4) is 0 Å². The van der Waals surface area contributed by atoms with Crippen molar-refractivity contribution in [2.24, 2.45) is 0 Å². The summed E-state index contributed by atoms with van der Waals surface area (Å²) in [4.78, 5) is 9.00. The van der Waals surface area contributed by atoms with E-state index in [0.29, 0.717) is 12.6 Å². The molecule has 1 saturated carbocycles. The van der Waals surface area contributed by atoms with Gasteiger partial charge in [-0.25, -0.2) is 9.97 Å². The normalized spacial score (nSPS) is 16.1. The molecule has 2 N–H and O–H groups in total. The van der Waals surface area contributed by atoms with E-state index >= 15 is 0 Å². The molecular weight excluding hydrogens is 252 g/mol. The first-order valence-corrected chi connectivity index (χ1v) is 7.69. The first-order chi connectivity index (χ1) is 9.81. The number of nitrogens with zero attached hydrogens (tertiary/aromatic N) is 2. The molecule has 1 aromatic rings. The molecule has 112 valence electrons. The van der Waals surface area contributed by atoms with E-state index in [9.17, 15) is 0 Å². The van der Waals surface area contributed by atoms with Crippen molar-refractivity contribution in [2.75, 3.05) is 24.3 Å². The lowest BCUT2D eigenvalue weighted by Gasteiger charge is -2.23. The van der Waals surface area contributed by atoms with Crippen LogP contribution in [0.4, 0.5) is 11.6 Å². The van der Waals surface area contributed by atoms with Gasteiger partial charge in [0.2, 0.25) is 0 Å². The predicted octanol–water partition coefficient (Wildman–Crippen LogP) is 3.19. The van der Waals surface area contributed by atoms with Crippen LogP contribution in [0.25, 0.3) is 0 Å². The highest BCUT2D eigenvalue weighted by molar-refractivity contribution is 5.48. The maximum atomic E-state index is 5.15. The van der Waals surface area contributed by atoms with E-state index < -0.39 is 0 Å². The minimum absolute atomic E-state index is 0.445. The lowest BCUT2D eigenvalue weighted by molar-refractivity contribution is 0.178. The maximum absolute atomic E-state index is 5.15. The van der Waals surface area contributed by atoms with Crippen molar-refractivity contribution in [3.8, 4) is 0 Å². The van der Waals surface area contributed by atoms with E-state index in [-0.39, 0.29) is 0 Å². The summed E-state index contributed by atoms with van der Waals surface area (Å²) in [6, 6.07) is 2.55. The molecule has 1 fully saturated rings. The van der Waals surface area contributed by atoms with Crippen LogP contribution in [0.15, 0.2) is 6.07 Å². The number of rotatable bonds is 7. The van der Waals surface area contributed by atoms with Crippen LogP contribution in [0.1, 0.15) is 51.3 Å². The van der Waals surface area contributed by atoms with Crippen LogP contribution < -0.4 is 10.6 Å². The molecule has 0 amide bonds. The molecule has 1 heterocycles. The summed E-state index contributed by atoms with van der Waals surface area (Å²) < 4.78 is 5.15. The third kappa shape index (κ3) is 4.63. The van der Waals surface area contributed by atoms with E-state index in [0.717, 1.165) is 30.4 Å². The number of ether oxygens (including phenoxy) is 1. The average molecular weight is 278 g/mol. The van der Waals surface area contributed by atoms with Gasteiger partial charge in [0.05, 0.1) is 0 Å². The Morgan fingerprint density at radius 3 is 2.65 bits per heavy atom. The SMILES string of the molecule is CCCNc1cc(NC2CCCCC2)nc(COC)n1. The highest BCUT2D eigenvalue weighted by Gasteiger charge is 2.14. The summed E-state index contributed by atoms with van der Waals surface area (Å²) in [6.45, 7) is 3.51. The largest absolute Gasteiger partial charge is 0.377 e. The molecule has 0 saturated heterocycles. The Morgan fingerprint density at radius 1 is 1.20 bits per heavy atom. The summed E-state index contributed by atoms with van der Waals surface area (Å²) >= 11 is 0. The minimum atomic E-state index is 0.445. The molecule has 0 atom stereocenters. The highest BCUT2D eigenvalue weighted by atomic mass is 16.5. The molecule has 1 aliphatic rings. The summed E-state index contributed by atoms with van der Waals surface area (Å²) in [5, 5.41) is 6.87. The van der Waals surface area contributed by atoms with Gasteiger partial charge in [0.25, 0.3) is 0 Å². The van der Waals surface area contributed by atoms with E-state index in [4.69, 9.17) is 4.74 Å². The van der Waals surface area contributed by atoms with Crippen molar-refractivity contribution in [3.63, 3.8) is 0 Å². The van der Waals surface area contributed by atoms with Crippen LogP contribution in [0, 0.1) is 0 Å². The van der Waals surface area contributed by atoms with Gasteiger partial charge in [-0.15, -0.1) is 0 Å². The van der Waals surface area contributed by atoms with Gasteiger partial charge in [0, 0.05) is 25.8 Å². The van der Waals surface area contributed by atoms with Gasteiger partial charge < -0.3 is 15.4 Å². The van der Waals surface area contributed by atoms with Crippen molar-refractivity contribution in [1.29, 1.82) is 0 Å². The third-order valence-electron chi connectivity index (χ3n) is 3.56. The highest BCUT2D eigenvalue weighted by Crippen LogP contribution is 2.22. The fraction of sp³-hybridized carbons (Fsp3) is 0.733. The zero-order chi connectivity index (χ0) is 14.2. The molecule has 0 aliphatic heterocycles. The van der Waals surface area contributed by atoms with Gasteiger partial charge in [0.15, 0.2) is 5.82 Å². The second-order valence-electron chi connectivity index (χ2n) is 5.39. The van der Waals surface area contributed by atoms with Crippen LogP contribution in [-0.2, 0) is 11.3 Å². The molecule has 0 bridgehead atoms. The second kappa shape index (κ2) is 8.04. The van der Waals surface area contributed by atoms with Crippen LogP contribution in [0.2, 0.25) is 0 Å². The molecule has 20 heavy (non-hydrogen) atoms. The van der Waals surface area contributed by atoms with Crippen molar-refractivity contribution < 1.29 is 4.74 Å². The lowest BCUT2D eigenvalue weighted by atomic mass is 9.95. The van der Waals surface area contributed by atoms with E-state index in [1.807, 2.05) is 6.07 Å². The molecule has 0 unspecified atom stereocenters. The second-order valence-corrected chi connectivity index (χ2v) is 5.39. The van der Waals surface area contributed by atoms with E-state index in [1.165, 1.54) is 32.1 Å². The fourth-order valence-corrected chi connectivity index (χ4v) is 2.56. The van der Waals surface area contributed by atoms with Crippen LogP contribution >= 0.6 is 0 Å². The number of hydrogen-bond donors (Lipinski definition) is 2. The molecule has 0 aromatic carbocycles. The number of methoxy groups -OCH3 is 1. The lowest BCUT2D eigenvalue weighted by Crippen LogP contribution is -2.23. The summed E-state index contributed by atoms with van der Waals surface area (Å²) in [6.07, 6.45) is 7.54. The summed E-state index contributed by atoms with van der Waals surface area (Å²) in [5.41, 5.74) is 0. The van der Waals surface area contributed by atoms with Gasteiger partial charge in [-0.2, -0.15) is 0 Å². The predicted molar refractivity (Wildman–Crippen MR) is 82.0 cm³/mol. The first-order valence-electron chi connectivity index (χ1n) is 7.69. The molecule has 1 aliphatic carbocycles. The van der Waals surface area contributed by atoms with Crippen molar-refractivity contribution >= 4 is 11.6 Å². The standard InChI is InChI=1S/C15H26N4O/c1-3-9-16-13-10-14(19-15(18-13)11-20-2)17-12-7-5-4-6-8-12/h10,12H,3-9,11H2,1-2H3,(H2,16,17,18,19). The van der Waals surface area contributed by atoms with Gasteiger partial charge in [-0.05, 0) is 19.3 Å². The Morgan fingerprint density at radius 2 is 1.95 bits per heavy atom. The Kier molecular flexibility index (Phi) is 6.05. The van der Waals surface area contributed by atoms with Gasteiger partial charge in [0.1, 0.15) is 18.2 Å². The Balaban J connectivity index is 2.06. The molecule has 2 rings (SSSR count). The van der Waals surface area contributed by atoms with Crippen LogP contribution in [0.5, 0.6) is 0 Å². The minimum Gasteiger partial charge on any atom is -0.377 e. The molecule has 1 aromatic heterocycles. The van der Waals surface area contributed by atoms with Crippen molar-refractivity contribution in [2.45, 2.75) is 58.1 Å². The summed E-state index contributed by atoms with van der Waals surface area (Å²) in [7, 11) is 1.67. The average Bonchev–Trinajstić information content (AvgIpc) is 2.46. The number of anilines is 2. The monoisotopic (exact) mass is 278 g/mol. The Labute approximate surface area is 121 Å². The first kappa shape index (κ1) is 15.0. The molecule has 0 spiro atoms. The fourth-order valence-electron chi connectivity index (χ4n) is 2.56. The topological polar surface area (TPSA) is 59.1 Å². The Hall–Kier alpha value is -1.36. The van der Waals surface area contributed by atoms with E-state index in [2.05, 4.69) is 27.5 Å². The summed E-state index contributed by atoms with van der Waals surface area (Å²) in [5.74, 6) is 2.52. The van der Waals surface area contributed by atoms with Gasteiger partial charge in [-0.1, -0.05) is 26.2 Å².